The van der Waals surface area contributed by atoms with Crippen molar-refractivity contribution >= 4 is 93.7 Å². The fourth-order valence-corrected chi connectivity index (χ4v) is 6.65. The highest BCUT2D eigenvalue weighted by Crippen LogP contribution is 2.44. The summed E-state index contributed by atoms with van der Waals surface area (Å²) in [6.45, 7) is 0. The number of hydrogen-bond donors (Lipinski definition) is 0. The Hall–Kier alpha value is -6.07. The third-order valence-corrected chi connectivity index (χ3v) is 8.71. The zero-order valence-electron chi connectivity index (χ0n) is 23.3. The Morgan fingerprint density at radius 1 is 0.409 bits per heavy atom. The molecule has 5 heteroatoms. The van der Waals surface area contributed by atoms with Gasteiger partial charge in [-0.25, -0.2) is 0 Å². The molecule has 0 aliphatic rings. The maximum atomic E-state index is 6.66. The zero-order chi connectivity index (χ0) is 28.8. The first-order valence-corrected chi connectivity index (χ1v) is 14.6. The summed E-state index contributed by atoms with van der Waals surface area (Å²) in [7, 11) is 0. The SMILES string of the molecule is c1ccc2cc3c(cc2c1)oc1c(N(c2ccc4c(c2)oc2ccccc24)c2ccc4c(c2)oc2ccccc24)cncc13. The maximum Gasteiger partial charge on any atom is 0.162 e. The number of anilines is 3. The normalized spacial score (nSPS) is 12.1. The Labute approximate surface area is 250 Å². The summed E-state index contributed by atoms with van der Waals surface area (Å²) in [6, 6.07) is 41.6. The zero-order valence-corrected chi connectivity index (χ0v) is 23.3. The molecule has 0 radical (unpaired) electrons. The molecule has 10 rings (SSSR count). The van der Waals surface area contributed by atoms with Gasteiger partial charge in [-0.2, -0.15) is 0 Å². The lowest BCUT2D eigenvalue weighted by atomic mass is 10.1. The van der Waals surface area contributed by atoms with Gasteiger partial charge in [-0.05, 0) is 59.3 Å². The van der Waals surface area contributed by atoms with Crippen molar-refractivity contribution in [2.45, 2.75) is 0 Å². The van der Waals surface area contributed by atoms with Gasteiger partial charge in [0.25, 0.3) is 0 Å². The number of furan rings is 3. The van der Waals surface area contributed by atoms with Crippen LogP contribution in [0.25, 0.3) is 76.6 Å². The molecule has 0 amide bonds. The number of hydrogen-bond acceptors (Lipinski definition) is 5. The van der Waals surface area contributed by atoms with Crippen LogP contribution in [0, 0.1) is 0 Å². The Balaban J connectivity index is 1.26. The maximum absolute atomic E-state index is 6.66. The van der Waals surface area contributed by atoms with Crippen LogP contribution in [0.5, 0.6) is 0 Å². The summed E-state index contributed by atoms with van der Waals surface area (Å²) >= 11 is 0. The molecule has 44 heavy (non-hydrogen) atoms. The average molecular weight is 567 g/mol. The fourth-order valence-electron chi connectivity index (χ4n) is 6.65. The van der Waals surface area contributed by atoms with Gasteiger partial charge in [0.15, 0.2) is 5.58 Å². The predicted octanol–water partition coefficient (Wildman–Crippen LogP) is 11.4. The first-order chi connectivity index (χ1) is 21.8. The standard InChI is InChI=1S/C39H22N2O3/c1-2-8-24-18-36-31(17-23(24)7-1)32-21-40-22-33(39(32)44-36)41(25-13-15-29-27-9-3-5-11-34(27)42-37(29)19-25)26-14-16-30-28-10-4-6-12-35(28)43-38(30)20-26/h1-22H. The molecule has 0 saturated heterocycles. The summed E-state index contributed by atoms with van der Waals surface area (Å²) in [4.78, 5) is 6.91. The van der Waals surface area contributed by atoms with Gasteiger partial charge in [-0.1, -0.05) is 60.7 Å². The van der Waals surface area contributed by atoms with Crippen LogP contribution in [0.4, 0.5) is 17.1 Å². The molecular weight excluding hydrogens is 544 g/mol. The van der Waals surface area contributed by atoms with Crippen molar-refractivity contribution in [3.05, 3.63) is 134 Å². The third kappa shape index (κ3) is 3.32. The van der Waals surface area contributed by atoms with Crippen LogP contribution in [-0.4, -0.2) is 4.98 Å². The molecule has 4 heterocycles. The van der Waals surface area contributed by atoms with Crippen molar-refractivity contribution in [2.75, 3.05) is 4.90 Å². The van der Waals surface area contributed by atoms with E-state index < -0.39 is 0 Å². The van der Waals surface area contributed by atoms with Gasteiger partial charge in [0.2, 0.25) is 0 Å². The minimum absolute atomic E-state index is 0.764. The van der Waals surface area contributed by atoms with Crippen molar-refractivity contribution in [2.24, 2.45) is 0 Å². The molecule has 0 fully saturated rings. The van der Waals surface area contributed by atoms with Gasteiger partial charge in [0.05, 0.1) is 17.6 Å². The monoisotopic (exact) mass is 566 g/mol. The Kier molecular flexibility index (Phi) is 4.66. The molecule has 0 bridgehead atoms. The lowest BCUT2D eigenvalue weighted by Gasteiger charge is -2.25. The van der Waals surface area contributed by atoms with Gasteiger partial charge in [-0.3, -0.25) is 4.98 Å². The van der Waals surface area contributed by atoms with Crippen LogP contribution in [-0.2, 0) is 0 Å². The second-order valence-corrected chi connectivity index (χ2v) is 11.2. The van der Waals surface area contributed by atoms with E-state index in [2.05, 4.69) is 83.8 Å². The Morgan fingerprint density at radius 3 is 1.61 bits per heavy atom. The molecule has 206 valence electrons. The van der Waals surface area contributed by atoms with Crippen molar-refractivity contribution < 1.29 is 13.3 Å². The summed E-state index contributed by atoms with van der Waals surface area (Å²) in [5.74, 6) is 0. The lowest BCUT2D eigenvalue weighted by Crippen LogP contribution is -2.10. The molecule has 0 saturated carbocycles. The number of pyridine rings is 1. The Morgan fingerprint density at radius 2 is 0.955 bits per heavy atom. The van der Waals surface area contributed by atoms with Crippen molar-refractivity contribution in [1.82, 2.24) is 4.98 Å². The summed E-state index contributed by atoms with van der Waals surface area (Å²) < 4.78 is 19.3. The highest BCUT2D eigenvalue weighted by molar-refractivity contribution is 6.14. The molecular formula is C39H22N2O3. The van der Waals surface area contributed by atoms with E-state index in [0.717, 1.165) is 93.7 Å². The van der Waals surface area contributed by atoms with Crippen LogP contribution < -0.4 is 4.90 Å². The van der Waals surface area contributed by atoms with E-state index >= 15 is 0 Å². The van der Waals surface area contributed by atoms with Gasteiger partial charge in [0, 0.05) is 50.6 Å². The quantitative estimate of drug-likeness (QED) is 0.213. The van der Waals surface area contributed by atoms with Crippen molar-refractivity contribution in [1.29, 1.82) is 0 Å². The first kappa shape index (κ1) is 23.5. The van der Waals surface area contributed by atoms with Crippen LogP contribution in [0.3, 0.4) is 0 Å². The topological polar surface area (TPSA) is 55.6 Å². The smallest absolute Gasteiger partial charge is 0.162 e. The van der Waals surface area contributed by atoms with Gasteiger partial charge < -0.3 is 18.2 Å². The molecule has 0 atom stereocenters. The number of aromatic nitrogens is 1. The van der Waals surface area contributed by atoms with Gasteiger partial charge >= 0.3 is 0 Å². The second-order valence-electron chi connectivity index (χ2n) is 11.2. The molecule has 0 N–H and O–H groups in total. The number of rotatable bonds is 3. The largest absolute Gasteiger partial charge is 0.456 e. The minimum Gasteiger partial charge on any atom is -0.456 e. The molecule has 10 aromatic rings. The number of nitrogens with zero attached hydrogens (tertiary/aromatic N) is 2. The van der Waals surface area contributed by atoms with Crippen molar-refractivity contribution in [3.8, 4) is 0 Å². The van der Waals surface area contributed by atoms with Gasteiger partial charge in [0.1, 0.15) is 33.6 Å². The van der Waals surface area contributed by atoms with Crippen LogP contribution in [0.1, 0.15) is 0 Å². The van der Waals surface area contributed by atoms with Crippen LogP contribution in [0.2, 0.25) is 0 Å². The second kappa shape index (κ2) is 8.72. The summed E-state index contributed by atoms with van der Waals surface area (Å²) in [5.41, 5.74) is 7.62. The van der Waals surface area contributed by atoms with E-state index in [9.17, 15) is 0 Å². The molecule has 6 aromatic carbocycles. The van der Waals surface area contributed by atoms with Crippen LogP contribution >= 0.6 is 0 Å². The number of para-hydroxylation sites is 2. The molecule has 0 unspecified atom stereocenters. The van der Waals surface area contributed by atoms with Gasteiger partial charge in [-0.15, -0.1) is 0 Å². The fraction of sp³-hybridized carbons (Fsp3) is 0. The van der Waals surface area contributed by atoms with Crippen LogP contribution in [0.15, 0.2) is 147 Å². The average Bonchev–Trinajstić information content (AvgIpc) is 3.74. The summed E-state index contributed by atoms with van der Waals surface area (Å²) in [6.07, 6.45) is 3.76. The van der Waals surface area contributed by atoms with E-state index in [1.54, 1.807) is 0 Å². The first-order valence-electron chi connectivity index (χ1n) is 14.6. The highest BCUT2D eigenvalue weighted by Gasteiger charge is 2.22. The highest BCUT2D eigenvalue weighted by atomic mass is 16.3. The summed E-state index contributed by atoms with van der Waals surface area (Å²) in [5, 5.41) is 8.63. The lowest BCUT2D eigenvalue weighted by molar-refractivity contribution is 0.667. The van der Waals surface area contributed by atoms with E-state index in [-0.39, 0.29) is 0 Å². The molecule has 0 spiro atoms. The van der Waals surface area contributed by atoms with E-state index in [0.29, 0.717) is 0 Å². The molecule has 5 nitrogen and oxygen atoms in total. The predicted molar refractivity (Wildman–Crippen MR) is 178 cm³/mol. The molecule has 4 aromatic heterocycles. The molecule has 0 aliphatic carbocycles. The number of benzene rings is 6. The number of fused-ring (bicyclic) bond motifs is 10. The Bertz CT molecular complexity index is 2630. The van der Waals surface area contributed by atoms with E-state index in [1.807, 2.05) is 54.9 Å². The van der Waals surface area contributed by atoms with Crippen molar-refractivity contribution in [3.63, 3.8) is 0 Å². The van der Waals surface area contributed by atoms with E-state index in [1.165, 1.54) is 0 Å². The van der Waals surface area contributed by atoms with E-state index in [4.69, 9.17) is 18.2 Å². The molecule has 0 aliphatic heterocycles. The minimum atomic E-state index is 0.764. The third-order valence-electron chi connectivity index (χ3n) is 8.71.